The zero-order valence-electron chi connectivity index (χ0n) is 5.26. The Labute approximate surface area is 61.6 Å². The normalized spacial score (nSPS) is 13.0. The van der Waals surface area contributed by atoms with Crippen LogP contribution >= 0.6 is 0 Å². The molecule has 0 aromatic heterocycles. The van der Waals surface area contributed by atoms with Gasteiger partial charge in [-0.15, -0.1) is 19.8 Å². The van der Waals surface area contributed by atoms with Gasteiger partial charge in [-0.3, -0.25) is 0 Å². The van der Waals surface area contributed by atoms with Crippen molar-refractivity contribution in [2.24, 2.45) is 0 Å². The first-order chi connectivity index (χ1) is 4.77. The Morgan fingerprint density at radius 1 is 1.45 bits per heavy atom. The Bertz CT molecular complexity index is 227. The van der Waals surface area contributed by atoms with Crippen molar-refractivity contribution in [1.82, 2.24) is 0 Å². The minimum Gasteiger partial charge on any atom is -0.199 e. The quantitative estimate of drug-likeness (QED) is 0.493. The Kier molecular flexibility index (Phi) is 3.06. The SMILES string of the molecule is C=CCS(=O)(=O)OC(F)(F)F. The maximum atomic E-state index is 11.2. The van der Waals surface area contributed by atoms with E-state index in [2.05, 4.69) is 10.8 Å². The molecule has 66 valence electrons. The molecular formula is C4H5F3O3S. The Morgan fingerprint density at radius 2 is 1.91 bits per heavy atom. The van der Waals surface area contributed by atoms with Gasteiger partial charge in [0.2, 0.25) is 0 Å². The lowest BCUT2D eigenvalue weighted by Crippen LogP contribution is -2.21. The van der Waals surface area contributed by atoms with Crippen molar-refractivity contribution in [2.45, 2.75) is 6.36 Å². The van der Waals surface area contributed by atoms with Crippen LogP contribution in [0.4, 0.5) is 13.2 Å². The molecule has 0 amide bonds. The van der Waals surface area contributed by atoms with Crippen molar-refractivity contribution in [1.29, 1.82) is 0 Å². The molecule has 0 fully saturated rings. The van der Waals surface area contributed by atoms with Crippen molar-refractivity contribution in [3.05, 3.63) is 12.7 Å². The summed E-state index contributed by atoms with van der Waals surface area (Å²) in [5.74, 6) is -0.855. The Morgan fingerprint density at radius 3 is 2.18 bits per heavy atom. The summed E-state index contributed by atoms with van der Waals surface area (Å²) in [6.07, 6.45) is -4.34. The van der Waals surface area contributed by atoms with E-state index in [4.69, 9.17) is 0 Å². The highest BCUT2D eigenvalue weighted by Gasteiger charge is 2.36. The van der Waals surface area contributed by atoms with Crippen LogP contribution in [0.1, 0.15) is 0 Å². The molecule has 0 N–H and O–H groups in total. The molecule has 0 atom stereocenters. The van der Waals surface area contributed by atoms with Gasteiger partial charge >= 0.3 is 6.36 Å². The highest BCUT2D eigenvalue weighted by molar-refractivity contribution is 7.86. The third-order valence-corrected chi connectivity index (χ3v) is 1.63. The van der Waals surface area contributed by atoms with E-state index in [-0.39, 0.29) is 0 Å². The predicted octanol–water partition coefficient (Wildman–Crippen LogP) is 1.04. The molecule has 0 aromatic carbocycles. The molecule has 0 aliphatic heterocycles. The first kappa shape index (κ1) is 10.4. The van der Waals surface area contributed by atoms with Crippen LogP contribution in [0.2, 0.25) is 0 Å². The zero-order valence-corrected chi connectivity index (χ0v) is 6.07. The fraction of sp³-hybridized carbons (Fsp3) is 0.500. The van der Waals surface area contributed by atoms with E-state index in [1.165, 1.54) is 0 Å². The number of halogens is 3. The molecule has 0 bridgehead atoms. The average molecular weight is 190 g/mol. The summed E-state index contributed by atoms with van der Waals surface area (Å²) in [5, 5.41) is 0. The molecule has 0 aromatic rings. The summed E-state index contributed by atoms with van der Waals surface area (Å²) >= 11 is 0. The van der Waals surface area contributed by atoms with Crippen molar-refractivity contribution in [3.8, 4) is 0 Å². The lowest BCUT2D eigenvalue weighted by atomic mass is 10.8. The fourth-order valence-electron chi connectivity index (χ4n) is 0.322. The highest BCUT2D eigenvalue weighted by Crippen LogP contribution is 2.19. The molecular weight excluding hydrogens is 185 g/mol. The highest BCUT2D eigenvalue weighted by atomic mass is 32.2. The molecule has 7 heteroatoms. The van der Waals surface area contributed by atoms with Crippen LogP contribution in [-0.4, -0.2) is 20.5 Å². The van der Waals surface area contributed by atoms with Crippen molar-refractivity contribution < 1.29 is 25.8 Å². The van der Waals surface area contributed by atoms with Crippen molar-refractivity contribution in [3.63, 3.8) is 0 Å². The standard InChI is InChI=1S/C4H5F3O3S/c1-2-3-11(8,9)10-4(5,6)7/h2H,1,3H2. The van der Waals surface area contributed by atoms with E-state index >= 15 is 0 Å². The van der Waals surface area contributed by atoms with Gasteiger partial charge < -0.3 is 0 Å². The molecule has 0 rings (SSSR count). The van der Waals surface area contributed by atoms with E-state index < -0.39 is 22.2 Å². The van der Waals surface area contributed by atoms with Gasteiger partial charge in [-0.1, -0.05) is 6.08 Å². The number of alkyl halides is 3. The van der Waals surface area contributed by atoms with Crippen molar-refractivity contribution >= 4 is 10.1 Å². The summed E-state index contributed by atoms with van der Waals surface area (Å²) in [6, 6.07) is 0. The lowest BCUT2D eigenvalue weighted by Gasteiger charge is -2.04. The van der Waals surface area contributed by atoms with Gasteiger partial charge in [-0.25, -0.2) is 0 Å². The summed E-state index contributed by atoms with van der Waals surface area (Å²) in [7, 11) is -4.53. The van der Waals surface area contributed by atoms with E-state index in [0.717, 1.165) is 6.08 Å². The maximum Gasteiger partial charge on any atom is 0.537 e. The first-order valence-electron chi connectivity index (χ1n) is 2.38. The molecule has 0 aliphatic carbocycles. The minimum atomic E-state index is -5.15. The maximum absolute atomic E-state index is 11.2. The lowest BCUT2D eigenvalue weighted by molar-refractivity contribution is -0.271. The molecule has 0 aliphatic rings. The average Bonchev–Trinajstić information content (AvgIpc) is 1.55. The minimum absolute atomic E-state index is 0.807. The smallest absolute Gasteiger partial charge is 0.199 e. The third-order valence-electron chi connectivity index (χ3n) is 0.543. The number of hydrogen-bond donors (Lipinski definition) is 0. The summed E-state index contributed by atoms with van der Waals surface area (Å²) < 4.78 is 56.9. The van der Waals surface area contributed by atoms with Crippen LogP contribution in [0, 0.1) is 0 Å². The molecule has 0 heterocycles. The number of hydrogen-bond acceptors (Lipinski definition) is 3. The van der Waals surface area contributed by atoms with Gasteiger partial charge in [-0.2, -0.15) is 12.6 Å². The zero-order chi connectivity index (χ0) is 9.12. The van der Waals surface area contributed by atoms with Crippen LogP contribution in [0.25, 0.3) is 0 Å². The van der Waals surface area contributed by atoms with Gasteiger partial charge in [0.05, 0.1) is 5.75 Å². The second-order valence-electron chi connectivity index (χ2n) is 1.54. The summed E-state index contributed by atoms with van der Waals surface area (Å²) in [4.78, 5) is 0. The van der Waals surface area contributed by atoms with Gasteiger partial charge in [0.25, 0.3) is 10.1 Å². The van der Waals surface area contributed by atoms with E-state index in [1.807, 2.05) is 0 Å². The van der Waals surface area contributed by atoms with Crippen LogP contribution < -0.4 is 0 Å². The van der Waals surface area contributed by atoms with Gasteiger partial charge in [-0.05, 0) is 0 Å². The molecule has 0 unspecified atom stereocenters. The summed E-state index contributed by atoms with van der Waals surface area (Å²) in [6.45, 7) is 2.95. The Balaban J connectivity index is 4.26. The van der Waals surface area contributed by atoms with E-state index in [0.29, 0.717) is 0 Å². The van der Waals surface area contributed by atoms with Gasteiger partial charge in [0, 0.05) is 0 Å². The Hall–Kier alpha value is -0.560. The van der Waals surface area contributed by atoms with Crippen LogP contribution in [0.5, 0.6) is 0 Å². The summed E-state index contributed by atoms with van der Waals surface area (Å²) in [5.41, 5.74) is 0. The molecule has 0 saturated heterocycles. The second kappa shape index (κ2) is 3.22. The second-order valence-corrected chi connectivity index (χ2v) is 3.16. The molecule has 0 saturated carbocycles. The van der Waals surface area contributed by atoms with Gasteiger partial charge in [0.15, 0.2) is 0 Å². The van der Waals surface area contributed by atoms with Gasteiger partial charge in [0.1, 0.15) is 0 Å². The topological polar surface area (TPSA) is 43.4 Å². The molecule has 11 heavy (non-hydrogen) atoms. The van der Waals surface area contributed by atoms with Crippen molar-refractivity contribution in [2.75, 3.05) is 5.75 Å². The molecule has 0 radical (unpaired) electrons. The third kappa shape index (κ3) is 5.86. The van der Waals surface area contributed by atoms with E-state index in [1.54, 1.807) is 0 Å². The monoisotopic (exact) mass is 190 g/mol. The van der Waals surface area contributed by atoms with Crippen LogP contribution in [0.15, 0.2) is 12.7 Å². The van der Waals surface area contributed by atoms with Crippen LogP contribution in [0.3, 0.4) is 0 Å². The fourth-order valence-corrected chi connectivity index (χ4v) is 0.967. The number of rotatable bonds is 3. The largest absolute Gasteiger partial charge is 0.537 e. The molecule has 3 nitrogen and oxygen atoms in total. The van der Waals surface area contributed by atoms with E-state index in [9.17, 15) is 21.6 Å². The van der Waals surface area contributed by atoms with Crippen LogP contribution in [-0.2, 0) is 14.3 Å². The predicted molar refractivity (Wildman–Crippen MR) is 31.1 cm³/mol. The first-order valence-corrected chi connectivity index (χ1v) is 3.95. The molecule has 0 spiro atoms.